The Hall–Kier alpha value is -1.55. The van der Waals surface area contributed by atoms with Gasteiger partial charge in [-0.1, -0.05) is 25.1 Å². The van der Waals surface area contributed by atoms with E-state index in [4.69, 9.17) is 4.74 Å². The molecule has 0 amide bonds. The summed E-state index contributed by atoms with van der Waals surface area (Å²) < 4.78 is 5.00. The molecule has 0 saturated carbocycles. The Kier molecular flexibility index (Phi) is 4.88. The zero-order chi connectivity index (χ0) is 15.5. The second-order valence-corrected chi connectivity index (χ2v) is 6.00. The molecule has 1 aliphatic heterocycles. The van der Waals surface area contributed by atoms with Gasteiger partial charge in [0.2, 0.25) is 0 Å². The third-order valence-electron chi connectivity index (χ3n) is 4.35. The Morgan fingerprint density at radius 2 is 2.19 bits per heavy atom. The number of anilines is 1. The van der Waals surface area contributed by atoms with E-state index in [0.717, 1.165) is 19.4 Å². The second kappa shape index (κ2) is 6.48. The number of nitrogens with zero attached hydrogens (tertiary/aromatic N) is 1. The van der Waals surface area contributed by atoms with Crippen LogP contribution in [0, 0.1) is 0 Å². The summed E-state index contributed by atoms with van der Waals surface area (Å²) in [5.74, 6) is -0.209. The first kappa shape index (κ1) is 15.8. The van der Waals surface area contributed by atoms with Crippen LogP contribution in [-0.2, 0) is 16.0 Å². The van der Waals surface area contributed by atoms with Crippen LogP contribution >= 0.6 is 0 Å². The van der Waals surface area contributed by atoms with E-state index in [1.807, 2.05) is 13.8 Å². The largest absolute Gasteiger partial charge is 0.468 e. The maximum atomic E-state index is 12.2. The Balaban J connectivity index is 2.30. The number of ether oxygens (including phenoxy) is 1. The van der Waals surface area contributed by atoms with Gasteiger partial charge in [0.05, 0.1) is 7.11 Å². The van der Waals surface area contributed by atoms with Gasteiger partial charge in [0.25, 0.3) is 0 Å². The first-order valence-corrected chi connectivity index (χ1v) is 7.70. The average Bonchev–Trinajstić information content (AvgIpc) is 2.49. The summed E-state index contributed by atoms with van der Waals surface area (Å²) in [5.41, 5.74) is 1.91. The molecule has 0 fully saturated rings. The van der Waals surface area contributed by atoms with E-state index in [-0.39, 0.29) is 5.97 Å². The smallest absolute Gasteiger partial charge is 0.327 e. The summed E-state index contributed by atoms with van der Waals surface area (Å²) in [6, 6.07) is 8.89. The molecule has 0 bridgehead atoms. The second-order valence-electron chi connectivity index (χ2n) is 6.00. The first-order chi connectivity index (χ1) is 10.0. The summed E-state index contributed by atoms with van der Waals surface area (Å²) in [7, 11) is 1.45. The molecule has 0 saturated heterocycles. The molecule has 0 spiro atoms. The van der Waals surface area contributed by atoms with Crippen molar-refractivity contribution >= 4 is 11.7 Å². The van der Waals surface area contributed by atoms with Crippen molar-refractivity contribution in [2.24, 2.45) is 0 Å². The van der Waals surface area contributed by atoms with E-state index in [9.17, 15) is 4.79 Å². The molecule has 1 N–H and O–H groups in total. The molecule has 2 unspecified atom stereocenters. The number of para-hydroxylation sites is 1. The number of rotatable bonds is 5. The molecule has 4 nitrogen and oxygen atoms in total. The number of benzene rings is 1. The summed E-state index contributed by atoms with van der Waals surface area (Å²) in [4.78, 5) is 14.5. The van der Waals surface area contributed by atoms with E-state index < -0.39 is 5.54 Å². The number of nitrogens with one attached hydrogen (secondary N) is 1. The monoisotopic (exact) mass is 290 g/mol. The highest BCUT2D eigenvalue weighted by molar-refractivity contribution is 5.81. The average molecular weight is 290 g/mol. The standard InChI is InChI=1S/C17H26N2O2/c1-5-18-17(3,16(20)21-4)12-19-13(2)10-11-14-8-6-7-9-15(14)19/h6-9,13,18H,5,10-12H2,1-4H3. The maximum absolute atomic E-state index is 12.2. The van der Waals surface area contributed by atoms with E-state index in [2.05, 4.69) is 41.4 Å². The van der Waals surface area contributed by atoms with Crippen molar-refractivity contribution in [2.75, 3.05) is 25.1 Å². The van der Waals surface area contributed by atoms with Gasteiger partial charge in [-0.2, -0.15) is 0 Å². The van der Waals surface area contributed by atoms with Crippen LogP contribution in [0.3, 0.4) is 0 Å². The predicted molar refractivity (Wildman–Crippen MR) is 85.7 cm³/mol. The zero-order valence-corrected chi connectivity index (χ0v) is 13.5. The Morgan fingerprint density at radius 1 is 1.48 bits per heavy atom. The number of carbonyl (C=O) groups is 1. The van der Waals surface area contributed by atoms with Crippen LogP contribution in [0.4, 0.5) is 5.69 Å². The number of carbonyl (C=O) groups excluding carboxylic acids is 1. The van der Waals surface area contributed by atoms with E-state index in [1.165, 1.54) is 18.4 Å². The summed E-state index contributed by atoms with van der Waals surface area (Å²) in [6.45, 7) is 7.50. The summed E-state index contributed by atoms with van der Waals surface area (Å²) in [6.07, 6.45) is 2.21. The lowest BCUT2D eigenvalue weighted by Crippen LogP contribution is -2.59. The van der Waals surface area contributed by atoms with Crippen LogP contribution in [-0.4, -0.2) is 37.7 Å². The molecule has 1 heterocycles. The van der Waals surface area contributed by atoms with Gasteiger partial charge in [-0.15, -0.1) is 0 Å². The van der Waals surface area contributed by atoms with Gasteiger partial charge < -0.3 is 15.0 Å². The van der Waals surface area contributed by atoms with Crippen LogP contribution in [0.25, 0.3) is 0 Å². The third kappa shape index (κ3) is 3.21. The Bertz CT molecular complexity index is 503. The van der Waals surface area contributed by atoms with Crippen molar-refractivity contribution < 1.29 is 9.53 Å². The lowest BCUT2D eigenvalue weighted by molar-refractivity contribution is -0.147. The molecule has 2 rings (SSSR count). The topological polar surface area (TPSA) is 41.6 Å². The molecule has 4 heteroatoms. The summed E-state index contributed by atoms with van der Waals surface area (Å²) in [5, 5.41) is 3.29. The molecule has 1 aromatic rings. The highest BCUT2D eigenvalue weighted by atomic mass is 16.5. The minimum Gasteiger partial charge on any atom is -0.468 e. The quantitative estimate of drug-likeness (QED) is 0.845. The van der Waals surface area contributed by atoms with Crippen LogP contribution in [0.2, 0.25) is 0 Å². The number of hydrogen-bond acceptors (Lipinski definition) is 4. The number of likely N-dealkylation sites (N-methyl/N-ethyl adjacent to an activating group) is 1. The maximum Gasteiger partial charge on any atom is 0.327 e. The van der Waals surface area contributed by atoms with Crippen molar-refractivity contribution in [3.63, 3.8) is 0 Å². The molecule has 0 aromatic heterocycles. The molecule has 0 aliphatic carbocycles. The number of methoxy groups -OCH3 is 1. The third-order valence-corrected chi connectivity index (χ3v) is 4.35. The van der Waals surface area contributed by atoms with Gasteiger partial charge in [-0.25, -0.2) is 4.79 Å². The number of esters is 1. The van der Waals surface area contributed by atoms with Gasteiger partial charge in [0.1, 0.15) is 5.54 Å². The SMILES string of the molecule is CCNC(C)(CN1c2ccccc2CCC1C)C(=O)OC. The van der Waals surface area contributed by atoms with Crippen molar-refractivity contribution in [3.05, 3.63) is 29.8 Å². The van der Waals surface area contributed by atoms with Crippen molar-refractivity contribution in [1.82, 2.24) is 5.32 Å². The van der Waals surface area contributed by atoms with Gasteiger partial charge in [0.15, 0.2) is 0 Å². The Labute approximate surface area is 127 Å². The van der Waals surface area contributed by atoms with Gasteiger partial charge in [-0.3, -0.25) is 0 Å². The van der Waals surface area contributed by atoms with E-state index in [1.54, 1.807) is 0 Å². The first-order valence-electron chi connectivity index (χ1n) is 7.70. The highest BCUT2D eigenvalue weighted by Gasteiger charge is 2.38. The number of hydrogen-bond donors (Lipinski definition) is 1. The van der Waals surface area contributed by atoms with Crippen LogP contribution < -0.4 is 10.2 Å². The zero-order valence-electron chi connectivity index (χ0n) is 13.5. The molecule has 1 aromatic carbocycles. The van der Waals surface area contributed by atoms with Crippen LogP contribution in [0.15, 0.2) is 24.3 Å². The van der Waals surface area contributed by atoms with E-state index >= 15 is 0 Å². The van der Waals surface area contributed by atoms with E-state index in [0.29, 0.717) is 12.6 Å². The predicted octanol–water partition coefficient (Wildman–Crippen LogP) is 2.37. The fourth-order valence-corrected chi connectivity index (χ4v) is 3.15. The molecule has 116 valence electrons. The highest BCUT2D eigenvalue weighted by Crippen LogP contribution is 2.31. The Morgan fingerprint density at radius 3 is 2.86 bits per heavy atom. The molecular weight excluding hydrogens is 264 g/mol. The normalized spacial score (nSPS) is 20.6. The van der Waals surface area contributed by atoms with Crippen molar-refractivity contribution in [3.8, 4) is 0 Å². The lowest BCUT2D eigenvalue weighted by atomic mass is 9.93. The van der Waals surface area contributed by atoms with Gasteiger partial charge >= 0.3 is 5.97 Å². The van der Waals surface area contributed by atoms with Crippen LogP contribution in [0.5, 0.6) is 0 Å². The number of fused-ring (bicyclic) bond motifs is 1. The molecule has 0 radical (unpaired) electrons. The number of aryl methyl sites for hydroxylation is 1. The van der Waals surface area contributed by atoms with Gasteiger partial charge in [-0.05, 0) is 44.9 Å². The molecule has 1 aliphatic rings. The minimum atomic E-state index is -0.692. The molecular formula is C17H26N2O2. The molecule has 2 atom stereocenters. The fraction of sp³-hybridized carbons (Fsp3) is 0.588. The van der Waals surface area contributed by atoms with Crippen molar-refractivity contribution in [2.45, 2.75) is 45.2 Å². The minimum absolute atomic E-state index is 0.209. The fourth-order valence-electron chi connectivity index (χ4n) is 3.15. The van der Waals surface area contributed by atoms with Crippen molar-refractivity contribution in [1.29, 1.82) is 0 Å². The van der Waals surface area contributed by atoms with Crippen LogP contribution in [0.1, 0.15) is 32.8 Å². The summed E-state index contributed by atoms with van der Waals surface area (Å²) >= 11 is 0. The lowest BCUT2D eigenvalue weighted by Gasteiger charge is -2.42. The molecule has 21 heavy (non-hydrogen) atoms. The van der Waals surface area contributed by atoms with Gasteiger partial charge in [0, 0.05) is 18.3 Å².